The third-order valence-corrected chi connectivity index (χ3v) is 4.87. The summed E-state index contributed by atoms with van der Waals surface area (Å²) in [6, 6.07) is 9.18. The number of nitrogens with zero attached hydrogens (tertiary/aromatic N) is 1. The largest absolute Gasteiger partial charge is 0.394 e. The van der Waals surface area contributed by atoms with Gasteiger partial charge in [0.1, 0.15) is 0 Å². The van der Waals surface area contributed by atoms with Crippen LogP contribution >= 0.6 is 11.6 Å². The van der Waals surface area contributed by atoms with Crippen molar-refractivity contribution in [1.82, 2.24) is 4.90 Å². The van der Waals surface area contributed by atoms with Crippen LogP contribution < -0.4 is 0 Å². The summed E-state index contributed by atoms with van der Waals surface area (Å²) in [4.78, 5) is 2.42. The van der Waals surface area contributed by atoms with Gasteiger partial charge in [0.2, 0.25) is 0 Å². The van der Waals surface area contributed by atoms with Crippen molar-refractivity contribution in [1.29, 1.82) is 0 Å². The molecule has 2 N–H and O–H groups in total. The Morgan fingerprint density at radius 2 is 1.62 bits per heavy atom. The second-order valence-corrected chi connectivity index (χ2v) is 8.41. The van der Waals surface area contributed by atoms with Crippen LogP contribution in [0.4, 0.5) is 0 Å². The van der Waals surface area contributed by atoms with Crippen molar-refractivity contribution >= 4 is 22.0 Å². The van der Waals surface area contributed by atoms with Crippen LogP contribution in [0.1, 0.15) is 45.1 Å². The summed E-state index contributed by atoms with van der Waals surface area (Å²) in [5.74, 6) is 0.733. The molecule has 5 nitrogen and oxygen atoms in total. The summed E-state index contributed by atoms with van der Waals surface area (Å²) < 4.78 is 31.6. The van der Waals surface area contributed by atoms with Crippen molar-refractivity contribution in [3.05, 3.63) is 34.9 Å². The zero-order valence-corrected chi connectivity index (χ0v) is 16.3. The third kappa shape index (κ3) is 6.33. The van der Waals surface area contributed by atoms with Crippen LogP contribution in [0, 0.1) is 5.92 Å². The molecule has 0 spiro atoms. The normalized spacial score (nSPS) is 17.9. The minimum atomic E-state index is -4.67. The first-order valence-electron chi connectivity index (χ1n) is 8.08. The Hall–Kier alpha value is -0.660. The van der Waals surface area contributed by atoms with Crippen LogP contribution in [0.3, 0.4) is 0 Å². The van der Waals surface area contributed by atoms with E-state index >= 15 is 0 Å². The number of likely N-dealkylation sites (N-methyl/N-ethyl adjacent to an activating group) is 1. The highest BCUT2D eigenvalue weighted by Crippen LogP contribution is 2.49. The molecule has 24 heavy (non-hydrogen) atoms. The van der Waals surface area contributed by atoms with Crippen LogP contribution in [0.5, 0.6) is 0 Å². The Morgan fingerprint density at radius 1 is 1.17 bits per heavy atom. The lowest BCUT2D eigenvalue weighted by molar-refractivity contribution is 0.0808. The van der Waals surface area contributed by atoms with E-state index in [2.05, 4.69) is 45.0 Å². The molecule has 1 fully saturated rings. The lowest BCUT2D eigenvalue weighted by atomic mass is 9.58. The molecule has 7 heteroatoms. The van der Waals surface area contributed by atoms with Gasteiger partial charge in [0.25, 0.3) is 0 Å². The molecular formula is C17H28ClNO4S. The van der Waals surface area contributed by atoms with E-state index in [0.717, 1.165) is 10.9 Å². The molecule has 0 radical (unpaired) electrons. The van der Waals surface area contributed by atoms with Crippen molar-refractivity contribution in [2.24, 2.45) is 5.92 Å². The first-order valence-corrected chi connectivity index (χ1v) is 9.85. The zero-order valence-electron chi connectivity index (χ0n) is 14.7. The zero-order chi connectivity index (χ0) is 18.5. The molecule has 0 aromatic heterocycles. The number of rotatable bonds is 5. The Labute approximate surface area is 150 Å². The molecule has 2 rings (SSSR count). The highest BCUT2D eigenvalue weighted by molar-refractivity contribution is 7.79. The van der Waals surface area contributed by atoms with Gasteiger partial charge >= 0.3 is 10.4 Å². The predicted octanol–water partition coefficient (Wildman–Crippen LogP) is 4.09. The molecule has 0 aliphatic heterocycles. The van der Waals surface area contributed by atoms with Gasteiger partial charge in [-0.25, -0.2) is 0 Å². The van der Waals surface area contributed by atoms with E-state index in [1.54, 1.807) is 0 Å². The van der Waals surface area contributed by atoms with Gasteiger partial charge in [-0.1, -0.05) is 44.0 Å². The molecule has 0 amide bonds. The monoisotopic (exact) mass is 377 g/mol. The maximum absolute atomic E-state index is 8.74. The summed E-state index contributed by atoms with van der Waals surface area (Å²) in [5.41, 5.74) is 1.82. The molecule has 1 aromatic carbocycles. The first-order chi connectivity index (χ1) is 11.0. The molecule has 0 bridgehead atoms. The standard InChI is InChI=1S/C17H26ClN.H2O4S/c1-13(2)12-16(19(3)4)17(10-5-11-17)14-6-8-15(18)9-7-14;1-5(2,3)4/h6-9,13,16H,5,10-12H2,1-4H3;(H2,1,2,3,4). The maximum atomic E-state index is 8.74. The maximum Gasteiger partial charge on any atom is 0.394 e. The van der Waals surface area contributed by atoms with E-state index < -0.39 is 10.4 Å². The summed E-state index contributed by atoms with van der Waals surface area (Å²) in [6.07, 6.45) is 5.23. The predicted molar refractivity (Wildman–Crippen MR) is 98.1 cm³/mol. The summed E-state index contributed by atoms with van der Waals surface area (Å²) >= 11 is 6.04. The Bertz CT molecular complexity index is 602. The van der Waals surface area contributed by atoms with E-state index in [9.17, 15) is 0 Å². The average molecular weight is 378 g/mol. The van der Waals surface area contributed by atoms with Crippen molar-refractivity contribution < 1.29 is 17.5 Å². The fourth-order valence-corrected chi connectivity index (χ4v) is 3.66. The lowest BCUT2D eigenvalue weighted by Gasteiger charge is -2.51. The molecule has 138 valence electrons. The highest BCUT2D eigenvalue weighted by Gasteiger charge is 2.46. The average Bonchev–Trinajstić information content (AvgIpc) is 2.36. The van der Waals surface area contributed by atoms with Crippen LogP contribution in [0.15, 0.2) is 24.3 Å². The quantitative estimate of drug-likeness (QED) is 0.756. The topological polar surface area (TPSA) is 77.8 Å². The fraction of sp³-hybridized carbons (Fsp3) is 0.647. The van der Waals surface area contributed by atoms with Crippen molar-refractivity contribution in [3.8, 4) is 0 Å². The highest BCUT2D eigenvalue weighted by atomic mass is 35.5. The molecule has 1 unspecified atom stereocenters. The smallest absolute Gasteiger partial charge is 0.306 e. The molecule has 1 atom stereocenters. The van der Waals surface area contributed by atoms with Gasteiger partial charge in [0.05, 0.1) is 0 Å². The van der Waals surface area contributed by atoms with E-state index in [0.29, 0.717) is 11.5 Å². The van der Waals surface area contributed by atoms with Crippen LogP contribution in [-0.2, 0) is 15.8 Å². The molecule has 0 saturated heterocycles. The summed E-state index contributed by atoms with van der Waals surface area (Å²) in [5, 5.41) is 0.837. The van der Waals surface area contributed by atoms with E-state index in [4.69, 9.17) is 29.1 Å². The molecule has 1 saturated carbocycles. The molecule has 1 aliphatic rings. The van der Waals surface area contributed by atoms with E-state index in [1.807, 2.05) is 12.1 Å². The van der Waals surface area contributed by atoms with Gasteiger partial charge in [-0.15, -0.1) is 0 Å². The van der Waals surface area contributed by atoms with Crippen molar-refractivity contribution in [3.63, 3.8) is 0 Å². The molecule has 0 heterocycles. The van der Waals surface area contributed by atoms with E-state index in [1.165, 1.54) is 31.2 Å². The number of hydrogen-bond donors (Lipinski definition) is 2. The molecule has 1 aliphatic carbocycles. The van der Waals surface area contributed by atoms with Gasteiger partial charge in [-0.3, -0.25) is 9.11 Å². The minimum Gasteiger partial charge on any atom is -0.306 e. The number of benzene rings is 1. The van der Waals surface area contributed by atoms with E-state index in [-0.39, 0.29) is 0 Å². The van der Waals surface area contributed by atoms with Gasteiger partial charge in [-0.05, 0) is 57.0 Å². The molecular weight excluding hydrogens is 350 g/mol. The van der Waals surface area contributed by atoms with Crippen LogP contribution in [-0.4, -0.2) is 42.6 Å². The van der Waals surface area contributed by atoms with Crippen molar-refractivity contribution in [2.75, 3.05) is 14.1 Å². The van der Waals surface area contributed by atoms with Gasteiger partial charge < -0.3 is 4.90 Å². The number of halogens is 1. The Balaban J connectivity index is 0.000000505. The second kappa shape index (κ2) is 8.63. The van der Waals surface area contributed by atoms with Crippen LogP contribution in [0.25, 0.3) is 0 Å². The lowest BCUT2D eigenvalue weighted by Crippen LogP contribution is -2.52. The van der Waals surface area contributed by atoms with Gasteiger partial charge in [0, 0.05) is 16.5 Å². The first kappa shape index (κ1) is 21.4. The Morgan fingerprint density at radius 3 is 1.92 bits per heavy atom. The van der Waals surface area contributed by atoms with Crippen molar-refractivity contribution in [2.45, 2.75) is 51.0 Å². The third-order valence-electron chi connectivity index (χ3n) is 4.62. The Kier molecular flexibility index (Phi) is 7.69. The molecule has 1 aromatic rings. The second-order valence-electron chi connectivity index (χ2n) is 7.07. The SMILES string of the molecule is CC(C)CC(N(C)C)C1(c2ccc(Cl)cc2)CCC1.O=S(=O)(O)O. The number of hydrogen-bond acceptors (Lipinski definition) is 3. The van der Waals surface area contributed by atoms with Gasteiger partial charge in [-0.2, -0.15) is 8.42 Å². The van der Waals surface area contributed by atoms with Crippen LogP contribution in [0.2, 0.25) is 5.02 Å². The minimum absolute atomic E-state index is 0.346. The summed E-state index contributed by atoms with van der Waals surface area (Å²) in [6.45, 7) is 4.65. The summed E-state index contributed by atoms with van der Waals surface area (Å²) in [7, 11) is -0.216. The fourth-order valence-electron chi connectivity index (χ4n) is 3.53. The van der Waals surface area contributed by atoms with Gasteiger partial charge in [0.15, 0.2) is 0 Å².